The highest BCUT2D eigenvalue weighted by atomic mass is 16.6. The molecule has 0 saturated heterocycles. The van der Waals surface area contributed by atoms with Gasteiger partial charge in [-0.2, -0.15) is 0 Å². The zero-order chi connectivity index (χ0) is 29.6. The van der Waals surface area contributed by atoms with Gasteiger partial charge in [0.1, 0.15) is 23.0 Å². The van der Waals surface area contributed by atoms with Crippen molar-refractivity contribution in [1.82, 2.24) is 0 Å². The first kappa shape index (κ1) is 31.9. The Morgan fingerprint density at radius 2 is 1.59 bits per heavy atom. The van der Waals surface area contributed by atoms with E-state index < -0.39 is 17.9 Å². The summed E-state index contributed by atoms with van der Waals surface area (Å²) in [6.07, 6.45) is 0.145. The number of aromatic hydroxyl groups is 2. The molecule has 0 spiro atoms. The number of methoxy groups -OCH3 is 1. The number of Topliss-reactive ketones (excluding diaryl/α,β-unsaturated/α-hetero) is 1. The summed E-state index contributed by atoms with van der Waals surface area (Å²) in [6, 6.07) is 4.57. The predicted molar refractivity (Wildman–Crippen MR) is 144 cm³/mol. The monoisotopic (exact) mass is 545 g/mol. The first-order valence-corrected chi connectivity index (χ1v) is 12.9. The maximum absolute atomic E-state index is 13.1. The van der Waals surface area contributed by atoms with E-state index in [1.54, 1.807) is 32.9 Å². The van der Waals surface area contributed by atoms with E-state index in [9.17, 15) is 24.6 Å². The van der Waals surface area contributed by atoms with Crippen LogP contribution in [0.1, 0.15) is 84.0 Å². The second-order valence-corrected chi connectivity index (χ2v) is 9.65. The van der Waals surface area contributed by atoms with Crippen molar-refractivity contribution in [2.45, 2.75) is 72.3 Å². The Balaban J connectivity index is 0.000000374. The van der Waals surface area contributed by atoms with Crippen LogP contribution >= 0.6 is 0 Å². The van der Waals surface area contributed by atoms with Crippen LogP contribution in [0.4, 0.5) is 0 Å². The normalized spacial score (nSPS) is 17.6. The third kappa shape index (κ3) is 7.02. The quantitative estimate of drug-likeness (QED) is 0.237. The molecule has 4 unspecified atom stereocenters. The molecule has 0 bridgehead atoms. The van der Waals surface area contributed by atoms with Crippen molar-refractivity contribution in [3.8, 4) is 17.2 Å². The van der Waals surface area contributed by atoms with Crippen LogP contribution < -0.4 is 10.5 Å². The maximum Gasteiger partial charge on any atom is 0.202 e. The minimum absolute atomic E-state index is 0.00487. The molecule has 2 aromatic carbocycles. The average molecular weight is 546 g/mol. The van der Waals surface area contributed by atoms with Gasteiger partial charge in [0.05, 0.1) is 29.9 Å². The van der Waals surface area contributed by atoms with Gasteiger partial charge in [0.15, 0.2) is 12.1 Å². The van der Waals surface area contributed by atoms with Crippen LogP contribution in [0.5, 0.6) is 17.2 Å². The van der Waals surface area contributed by atoms with Crippen molar-refractivity contribution in [2.24, 2.45) is 11.7 Å². The van der Waals surface area contributed by atoms with E-state index in [4.69, 9.17) is 20.7 Å². The van der Waals surface area contributed by atoms with E-state index in [0.717, 1.165) is 0 Å². The summed E-state index contributed by atoms with van der Waals surface area (Å²) in [5.41, 5.74) is 5.83. The zero-order valence-corrected chi connectivity index (χ0v) is 23.3. The van der Waals surface area contributed by atoms with Gasteiger partial charge in [0.2, 0.25) is 5.78 Å². The summed E-state index contributed by atoms with van der Waals surface area (Å²) in [7, 11) is 1.40. The molecule has 214 valence electrons. The highest BCUT2D eigenvalue weighted by molar-refractivity contribution is 6.31. The number of phenols is 2. The summed E-state index contributed by atoms with van der Waals surface area (Å²) < 4.78 is 9.81. The SMILES string of the molecule is CC(N)C(C)O.CCOC(C)O.COc1cccc2c1C(=O)c1c(O)c3c(c(O)c1C2=O)CC(C(C)=O)CC3. The second-order valence-electron chi connectivity index (χ2n) is 9.65. The lowest BCUT2D eigenvalue weighted by atomic mass is 9.75. The number of phenolic OH excluding ortho intramolecular Hbond substituents is 2. The molecular formula is C29H39NO9. The van der Waals surface area contributed by atoms with Crippen molar-refractivity contribution < 1.29 is 44.3 Å². The van der Waals surface area contributed by atoms with Gasteiger partial charge in [-0.15, -0.1) is 0 Å². The molecule has 0 saturated carbocycles. The molecule has 39 heavy (non-hydrogen) atoms. The molecule has 6 N–H and O–H groups in total. The lowest BCUT2D eigenvalue weighted by molar-refractivity contribution is -0.121. The highest BCUT2D eigenvalue weighted by Gasteiger charge is 2.40. The van der Waals surface area contributed by atoms with Crippen LogP contribution in [0.15, 0.2) is 18.2 Å². The molecule has 2 aliphatic carbocycles. The van der Waals surface area contributed by atoms with E-state index >= 15 is 0 Å². The lowest BCUT2D eigenvalue weighted by Crippen LogP contribution is -2.28. The van der Waals surface area contributed by atoms with Crippen LogP contribution in [-0.4, -0.2) is 69.9 Å². The fraction of sp³-hybridized carbons (Fsp3) is 0.483. The van der Waals surface area contributed by atoms with Crippen molar-refractivity contribution in [3.05, 3.63) is 51.6 Å². The smallest absolute Gasteiger partial charge is 0.202 e. The molecule has 0 radical (unpaired) electrons. The number of carbonyl (C=O) groups is 3. The van der Waals surface area contributed by atoms with Crippen molar-refractivity contribution in [1.29, 1.82) is 0 Å². The molecule has 0 aromatic heterocycles. The number of rotatable bonds is 5. The first-order chi connectivity index (χ1) is 18.3. The number of aliphatic hydroxyl groups is 2. The molecule has 0 heterocycles. The third-order valence-corrected chi connectivity index (χ3v) is 6.77. The summed E-state index contributed by atoms with van der Waals surface area (Å²) >= 11 is 0. The van der Waals surface area contributed by atoms with Crippen molar-refractivity contribution in [3.63, 3.8) is 0 Å². The Bertz CT molecular complexity index is 1210. The van der Waals surface area contributed by atoms with Gasteiger partial charge in [0, 0.05) is 35.3 Å². The van der Waals surface area contributed by atoms with Crippen molar-refractivity contribution >= 4 is 17.3 Å². The van der Waals surface area contributed by atoms with Crippen LogP contribution in [-0.2, 0) is 22.4 Å². The Kier molecular flexibility index (Phi) is 11.2. The van der Waals surface area contributed by atoms with Crippen LogP contribution in [0.3, 0.4) is 0 Å². The lowest BCUT2D eigenvalue weighted by Gasteiger charge is -2.29. The van der Waals surface area contributed by atoms with Crippen LogP contribution in [0.2, 0.25) is 0 Å². The van der Waals surface area contributed by atoms with E-state index in [0.29, 0.717) is 30.6 Å². The Labute approximate surface area is 228 Å². The standard InChI is InChI=1S/C21H18O6.C4H11NO.C4H10O2/c1-9(22)10-6-7-11-13(8-10)20(25)16-17(18(11)23)21(26)15-12(19(16)24)4-3-5-14(15)27-2;1-3(5)4(2)6;1-3-6-4(2)5/h3-5,10,23,25H,6-8H2,1-2H3;3-4,6H,5H2,1-2H3;4-5H,3H2,1-2H3. The first-order valence-electron chi connectivity index (χ1n) is 12.9. The largest absolute Gasteiger partial charge is 0.507 e. The number of carbonyl (C=O) groups excluding carboxylic acids is 3. The average Bonchev–Trinajstić information content (AvgIpc) is 2.89. The Hall–Kier alpha value is -3.31. The van der Waals surface area contributed by atoms with Gasteiger partial charge in [-0.05, 0) is 59.9 Å². The number of ketones is 3. The number of hydrogen-bond donors (Lipinski definition) is 5. The van der Waals surface area contributed by atoms with E-state index in [1.807, 2.05) is 6.92 Å². The summed E-state index contributed by atoms with van der Waals surface area (Å²) in [5.74, 6) is -1.73. The summed E-state index contributed by atoms with van der Waals surface area (Å²) in [6.45, 7) is 8.94. The van der Waals surface area contributed by atoms with Gasteiger partial charge in [-0.25, -0.2) is 0 Å². The molecule has 2 aliphatic rings. The second kappa shape index (κ2) is 13.7. The Morgan fingerprint density at radius 1 is 1.03 bits per heavy atom. The summed E-state index contributed by atoms with van der Waals surface area (Å²) in [4.78, 5) is 37.9. The van der Waals surface area contributed by atoms with Crippen LogP contribution in [0, 0.1) is 5.92 Å². The topological polar surface area (TPSA) is 177 Å². The molecule has 0 amide bonds. The molecule has 4 rings (SSSR count). The van der Waals surface area contributed by atoms with Gasteiger partial charge < -0.3 is 35.6 Å². The highest BCUT2D eigenvalue weighted by Crippen LogP contribution is 2.47. The van der Waals surface area contributed by atoms with Gasteiger partial charge >= 0.3 is 0 Å². The number of hydrogen-bond acceptors (Lipinski definition) is 10. The number of benzene rings is 2. The summed E-state index contributed by atoms with van der Waals surface area (Å²) in [5, 5.41) is 38.5. The van der Waals surface area contributed by atoms with Gasteiger partial charge in [-0.1, -0.05) is 12.1 Å². The molecule has 0 aliphatic heterocycles. The number of ether oxygens (including phenoxy) is 2. The van der Waals surface area contributed by atoms with E-state index in [-0.39, 0.29) is 69.8 Å². The van der Waals surface area contributed by atoms with Gasteiger partial charge in [0.25, 0.3) is 0 Å². The van der Waals surface area contributed by atoms with Crippen LogP contribution in [0.25, 0.3) is 0 Å². The zero-order valence-electron chi connectivity index (χ0n) is 23.3. The fourth-order valence-electron chi connectivity index (χ4n) is 4.40. The maximum atomic E-state index is 13.1. The molecular weight excluding hydrogens is 506 g/mol. The third-order valence-electron chi connectivity index (χ3n) is 6.77. The molecule has 0 fully saturated rings. The molecule has 10 nitrogen and oxygen atoms in total. The minimum Gasteiger partial charge on any atom is -0.507 e. The van der Waals surface area contributed by atoms with E-state index in [2.05, 4.69) is 4.74 Å². The van der Waals surface area contributed by atoms with E-state index in [1.165, 1.54) is 20.1 Å². The fourth-order valence-corrected chi connectivity index (χ4v) is 4.40. The number of fused-ring (bicyclic) bond motifs is 3. The Morgan fingerprint density at radius 3 is 2.05 bits per heavy atom. The molecule has 4 atom stereocenters. The van der Waals surface area contributed by atoms with Crippen molar-refractivity contribution in [2.75, 3.05) is 13.7 Å². The molecule has 10 heteroatoms. The number of aliphatic hydroxyl groups excluding tert-OH is 2. The predicted octanol–water partition coefficient (Wildman–Crippen LogP) is 2.65. The van der Waals surface area contributed by atoms with Gasteiger partial charge in [-0.3, -0.25) is 14.4 Å². The minimum atomic E-state index is -0.602. The number of nitrogens with two attached hydrogens (primary N) is 1. The molecule has 2 aromatic rings.